The van der Waals surface area contributed by atoms with Crippen LogP contribution in [0.25, 0.3) is 0 Å². The standard InChI is InChI=1S/C9H17NO2S/c1-3-5-6-8(13)10-7-9(11)12-4-2/h3-7H2,1-2H3,(H,10,13). The molecule has 0 bridgehead atoms. The van der Waals surface area contributed by atoms with E-state index in [4.69, 9.17) is 17.0 Å². The van der Waals surface area contributed by atoms with Crippen molar-refractivity contribution < 1.29 is 9.53 Å². The van der Waals surface area contributed by atoms with Crippen molar-refractivity contribution in [3.05, 3.63) is 0 Å². The minimum Gasteiger partial charge on any atom is -0.465 e. The summed E-state index contributed by atoms with van der Waals surface area (Å²) in [5.74, 6) is -0.249. The highest BCUT2D eigenvalue weighted by Crippen LogP contribution is 1.94. The third-order valence-corrected chi connectivity index (χ3v) is 1.84. The Morgan fingerprint density at radius 3 is 2.69 bits per heavy atom. The fourth-order valence-corrected chi connectivity index (χ4v) is 1.03. The molecule has 0 fully saturated rings. The smallest absolute Gasteiger partial charge is 0.325 e. The van der Waals surface area contributed by atoms with Gasteiger partial charge in [-0.2, -0.15) is 0 Å². The predicted octanol–water partition coefficient (Wildman–Crippen LogP) is 1.66. The number of esters is 1. The topological polar surface area (TPSA) is 38.3 Å². The summed E-state index contributed by atoms with van der Waals surface area (Å²) in [4.78, 5) is 11.6. The molecule has 0 aromatic rings. The third kappa shape index (κ3) is 7.71. The average molecular weight is 203 g/mol. The lowest BCUT2D eigenvalue weighted by molar-refractivity contribution is -0.141. The summed E-state index contributed by atoms with van der Waals surface area (Å²) >= 11 is 5.00. The Hall–Kier alpha value is -0.640. The molecule has 0 aliphatic carbocycles. The highest BCUT2D eigenvalue weighted by atomic mass is 32.1. The van der Waals surface area contributed by atoms with Crippen molar-refractivity contribution in [1.82, 2.24) is 5.32 Å². The van der Waals surface area contributed by atoms with Crippen molar-refractivity contribution >= 4 is 23.2 Å². The van der Waals surface area contributed by atoms with Crippen LogP contribution in [0.2, 0.25) is 0 Å². The highest BCUT2D eigenvalue weighted by molar-refractivity contribution is 7.80. The Morgan fingerprint density at radius 2 is 2.15 bits per heavy atom. The SMILES string of the molecule is CCCCC(=S)NCC(=O)OCC. The zero-order chi connectivity index (χ0) is 10.1. The number of unbranched alkanes of at least 4 members (excludes halogenated alkanes) is 1. The van der Waals surface area contributed by atoms with Crippen molar-refractivity contribution in [1.29, 1.82) is 0 Å². The number of hydrogen-bond donors (Lipinski definition) is 1. The van der Waals surface area contributed by atoms with Gasteiger partial charge in [0.05, 0.1) is 11.6 Å². The Kier molecular flexibility index (Phi) is 7.59. The van der Waals surface area contributed by atoms with E-state index < -0.39 is 0 Å². The van der Waals surface area contributed by atoms with Crippen molar-refractivity contribution in [2.75, 3.05) is 13.2 Å². The van der Waals surface area contributed by atoms with Crippen LogP contribution >= 0.6 is 12.2 Å². The molecule has 0 aliphatic rings. The van der Waals surface area contributed by atoms with Crippen LogP contribution in [0, 0.1) is 0 Å². The van der Waals surface area contributed by atoms with Gasteiger partial charge in [-0.1, -0.05) is 25.6 Å². The van der Waals surface area contributed by atoms with E-state index in [0.29, 0.717) is 6.61 Å². The van der Waals surface area contributed by atoms with Gasteiger partial charge in [0.1, 0.15) is 6.54 Å². The molecule has 1 N–H and O–H groups in total. The molecule has 0 unspecified atom stereocenters. The summed E-state index contributed by atoms with van der Waals surface area (Å²) in [7, 11) is 0. The second kappa shape index (κ2) is 7.98. The predicted molar refractivity (Wildman–Crippen MR) is 56.8 cm³/mol. The van der Waals surface area contributed by atoms with E-state index in [1.54, 1.807) is 6.92 Å². The fraction of sp³-hybridized carbons (Fsp3) is 0.778. The maximum atomic E-state index is 10.9. The van der Waals surface area contributed by atoms with E-state index in [9.17, 15) is 4.79 Å². The molecular formula is C9H17NO2S. The van der Waals surface area contributed by atoms with Crippen LogP contribution in [0.3, 0.4) is 0 Å². The monoisotopic (exact) mass is 203 g/mol. The van der Waals surface area contributed by atoms with Gasteiger partial charge in [-0.3, -0.25) is 4.79 Å². The zero-order valence-corrected chi connectivity index (χ0v) is 9.08. The van der Waals surface area contributed by atoms with E-state index in [1.807, 2.05) is 0 Å². The fourth-order valence-electron chi connectivity index (χ4n) is 0.808. The summed E-state index contributed by atoms with van der Waals surface area (Å²) in [6, 6.07) is 0. The second-order valence-corrected chi connectivity index (χ2v) is 3.18. The lowest BCUT2D eigenvalue weighted by Gasteiger charge is -2.06. The zero-order valence-electron chi connectivity index (χ0n) is 8.26. The first-order chi connectivity index (χ1) is 6.20. The maximum absolute atomic E-state index is 10.9. The Morgan fingerprint density at radius 1 is 1.46 bits per heavy atom. The Labute approximate surface area is 84.8 Å². The molecule has 0 aliphatic heterocycles. The summed E-state index contributed by atoms with van der Waals surface area (Å²) in [6.45, 7) is 4.50. The van der Waals surface area contributed by atoms with Gasteiger partial charge in [0.2, 0.25) is 0 Å². The molecule has 3 nitrogen and oxygen atoms in total. The van der Waals surface area contributed by atoms with Crippen molar-refractivity contribution in [2.24, 2.45) is 0 Å². The number of thiocarbonyl (C=S) groups is 1. The first-order valence-electron chi connectivity index (χ1n) is 4.63. The highest BCUT2D eigenvalue weighted by Gasteiger charge is 2.01. The number of nitrogens with one attached hydrogen (secondary N) is 1. The average Bonchev–Trinajstić information content (AvgIpc) is 2.12. The van der Waals surface area contributed by atoms with Gasteiger partial charge in [-0.15, -0.1) is 0 Å². The second-order valence-electron chi connectivity index (χ2n) is 2.69. The molecule has 13 heavy (non-hydrogen) atoms. The first kappa shape index (κ1) is 12.4. The van der Waals surface area contributed by atoms with E-state index in [2.05, 4.69) is 12.2 Å². The molecule has 4 heteroatoms. The number of carbonyl (C=O) groups excluding carboxylic acids is 1. The van der Waals surface area contributed by atoms with Crippen molar-refractivity contribution in [2.45, 2.75) is 33.1 Å². The van der Waals surface area contributed by atoms with E-state index in [-0.39, 0.29) is 12.5 Å². The molecule has 0 saturated carbocycles. The number of rotatable bonds is 6. The number of hydrogen-bond acceptors (Lipinski definition) is 3. The maximum Gasteiger partial charge on any atom is 0.325 e. The molecular weight excluding hydrogens is 186 g/mol. The van der Waals surface area contributed by atoms with Crippen LogP contribution in [-0.4, -0.2) is 24.1 Å². The van der Waals surface area contributed by atoms with Crippen LogP contribution in [-0.2, 0) is 9.53 Å². The van der Waals surface area contributed by atoms with Crippen molar-refractivity contribution in [3.8, 4) is 0 Å². The summed E-state index contributed by atoms with van der Waals surface area (Å²) in [5, 5.41) is 2.86. The molecule has 76 valence electrons. The number of ether oxygens (including phenoxy) is 1. The summed E-state index contributed by atoms with van der Waals surface area (Å²) in [5.41, 5.74) is 0. The van der Waals surface area contributed by atoms with Gasteiger partial charge in [0.25, 0.3) is 0 Å². The van der Waals surface area contributed by atoms with Gasteiger partial charge in [-0.25, -0.2) is 0 Å². The quantitative estimate of drug-likeness (QED) is 0.526. The lowest BCUT2D eigenvalue weighted by atomic mass is 10.2. The molecule has 0 aromatic heterocycles. The molecule has 0 radical (unpaired) electrons. The largest absolute Gasteiger partial charge is 0.465 e. The van der Waals surface area contributed by atoms with Gasteiger partial charge in [0.15, 0.2) is 0 Å². The first-order valence-corrected chi connectivity index (χ1v) is 5.03. The molecule has 0 rings (SSSR count). The molecule has 0 spiro atoms. The number of carbonyl (C=O) groups is 1. The van der Waals surface area contributed by atoms with Crippen LogP contribution < -0.4 is 5.32 Å². The summed E-state index contributed by atoms with van der Waals surface area (Å²) < 4.78 is 4.74. The Bertz CT molecular complexity index is 171. The Balaban J connectivity index is 3.40. The van der Waals surface area contributed by atoms with Gasteiger partial charge < -0.3 is 10.1 Å². The van der Waals surface area contributed by atoms with Gasteiger partial charge in [0, 0.05) is 0 Å². The molecule has 0 atom stereocenters. The molecule has 0 amide bonds. The minimum absolute atomic E-state index is 0.191. The van der Waals surface area contributed by atoms with Crippen LogP contribution in [0.4, 0.5) is 0 Å². The van der Waals surface area contributed by atoms with E-state index in [1.165, 1.54) is 0 Å². The van der Waals surface area contributed by atoms with E-state index in [0.717, 1.165) is 24.3 Å². The van der Waals surface area contributed by atoms with Crippen molar-refractivity contribution in [3.63, 3.8) is 0 Å². The lowest BCUT2D eigenvalue weighted by Crippen LogP contribution is -2.29. The van der Waals surface area contributed by atoms with Crippen LogP contribution in [0.15, 0.2) is 0 Å². The molecule has 0 aromatic carbocycles. The minimum atomic E-state index is -0.249. The van der Waals surface area contributed by atoms with Gasteiger partial charge in [-0.05, 0) is 19.8 Å². The van der Waals surface area contributed by atoms with Crippen LogP contribution in [0.5, 0.6) is 0 Å². The molecule has 0 heterocycles. The summed E-state index contributed by atoms with van der Waals surface area (Å²) in [6.07, 6.45) is 3.03. The molecule has 0 saturated heterocycles. The van der Waals surface area contributed by atoms with Crippen LogP contribution in [0.1, 0.15) is 33.1 Å². The normalized spacial score (nSPS) is 9.38. The van der Waals surface area contributed by atoms with E-state index >= 15 is 0 Å². The third-order valence-electron chi connectivity index (χ3n) is 1.49. The van der Waals surface area contributed by atoms with Gasteiger partial charge >= 0.3 is 5.97 Å².